The molecule has 1 atom stereocenters. The molecule has 28 heavy (non-hydrogen) atoms. The van der Waals surface area contributed by atoms with Gasteiger partial charge in [0.25, 0.3) is 0 Å². The maximum Gasteiger partial charge on any atom is 0.248 e. The van der Waals surface area contributed by atoms with E-state index in [0.717, 1.165) is 24.1 Å². The number of aromatic nitrogens is 2. The van der Waals surface area contributed by atoms with Crippen molar-refractivity contribution in [2.75, 3.05) is 17.3 Å². The number of nitrogens with one attached hydrogen (secondary N) is 1. The van der Waals surface area contributed by atoms with Crippen LogP contribution >= 0.6 is 0 Å². The number of anilines is 2. The van der Waals surface area contributed by atoms with Crippen molar-refractivity contribution < 1.29 is 14.3 Å². The lowest BCUT2D eigenvalue weighted by atomic mass is 9.96. The van der Waals surface area contributed by atoms with E-state index in [9.17, 15) is 9.59 Å². The van der Waals surface area contributed by atoms with Crippen LogP contribution in [0.15, 0.2) is 36.8 Å². The first-order valence-electron chi connectivity index (χ1n) is 9.71. The zero-order valence-corrected chi connectivity index (χ0v) is 15.9. The van der Waals surface area contributed by atoms with Gasteiger partial charge in [0.2, 0.25) is 11.8 Å². The minimum Gasteiger partial charge on any atom is -0.497 e. The molecule has 0 spiro atoms. The molecule has 4 rings (SSSR count). The predicted molar refractivity (Wildman–Crippen MR) is 105 cm³/mol. The van der Waals surface area contributed by atoms with Crippen LogP contribution in [-0.4, -0.2) is 34.9 Å². The Kier molecular flexibility index (Phi) is 5.23. The van der Waals surface area contributed by atoms with Gasteiger partial charge >= 0.3 is 0 Å². The SMILES string of the molecule is COc1ccc2c(c1)CC(=O)N2C(CC1CCCC1)C(=O)Nc1cnccn1. The monoisotopic (exact) mass is 380 g/mol. The van der Waals surface area contributed by atoms with Crippen LogP contribution in [0.1, 0.15) is 37.7 Å². The normalized spacial score (nSPS) is 17.5. The predicted octanol–water partition coefficient (Wildman–Crippen LogP) is 2.96. The molecule has 1 aromatic carbocycles. The Morgan fingerprint density at radius 2 is 2.14 bits per heavy atom. The van der Waals surface area contributed by atoms with Gasteiger partial charge in [-0.25, -0.2) is 4.98 Å². The molecule has 1 aliphatic carbocycles. The Labute approximate surface area is 164 Å². The van der Waals surface area contributed by atoms with E-state index < -0.39 is 6.04 Å². The second-order valence-corrected chi connectivity index (χ2v) is 7.42. The third kappa shape index (κ3) is 3.69. The van der Waals surface area contributed by atoms with E-state index in [2.05, 4.69) is 15.3 Å². The van der Waals surface area contributed by atoms with Crippen molar-refractivity contribution in [1.82, 2.24) is 9.97 Å². The van der Waals surface area contributed by atoms with Crippen molar-refractivity contribution in [3.05, 3.63) is 42.4 Å². The van der Waals surface area contributed by atoms with E-state index in [1.165, 1.54) is 25.2 Å². The Morgan fingerprint density at radius 1 is 1.32 bits per heavy atom. The molecule has 2 aromatic rings. The van der Waals surface area contributed by atoms with Gasteiger partial charge in [0.15, 0.2) is 5.82 Å². The summed E-state index contributed by atoms with van der Waals surface area (Å²) in [6, 6.07) is 5.02. The molecule has 146 valence electrons. The second-order valence-electron chi connectivity index (χ2n) is 7.42. The molecular formula is C21H24N4O3. The largest absolute Gasteiger partial charge is 0.497 e. The zero-order valence-electron chi connectivity index (χ0n) is 15.9. The van der Waals surface area contributed by atoms with Gasteiger partial charge in [-0.3, -0.25) is 19.5 Å². The summed E-state index contributed by atoms with van der Waals surface area (Å²) in [4.78, 5) is 35.8. The number of carbonyl (C=O) groups excluding carboxylic acids is 2. The van der Waals surface area contributed by atoms with E-state index in [-0.39, 0.29) is 18.2 Å². The molecule has 7 heteroatoms. The fraction of sp³-hybridized carbons (Fsp3) is 0.429. The van der Waals surface area contributed by atoms with Gasteiger partial charge in [-0.15, -0.1) is 0 Å². The average Bonchev–Trinajstić information content (AvgIpc) is 3.33. The smallest absolute Gasteiger partial charge is 0.248 e. The van der Waals surface area contributed by atoms with Crippen molar-refractivity contribution in [2.45, 2.75) is 44.6 Å². The molecule has 1 aromatic heterocycles. The van der Waals surface area contributed by atoms with Gasteiger partial charge in [-0.1, -0.05) is 25.7 Å². The quantitative estimate of drug-likeness (QED) is 0.833. The highest BCUT2D eigenvalue weighted by atomic mass is 16.5. The maximum atomic E-state index is 13.2. The number of fused-ring (bicyclic) bond motifs is 1. The number of carbonyl (C=O) groups is 2. The molecule has 1 saturated carbocycles. The van der Waals surface area contributed by atoms with Crippen LogP contribution < -0.4 is 15.0 Å². The van der Waals surface area contributed by atoms with Crippen molar-refractivity contribution in [1.29, 1.82) is 0 Å². The van der Waals surface area contributed by atoms with Crippen LogP contribution in [0, 0.1) is 5.92 Å². The minimum absolute atomic E-state index is 0.0551. The summed E-state index contributed by atoms with van der Waals surface area (Å²) in [5, 5.41) is 2.84. The molecule has 2 heterocycles. The first-order chi connectivity index (χ1) is 13.7. The Bertz CT molecular complexity index is 865. The van der Waals surface area contributed by atoms with Crippen LogP contribution in [0.4, 0.5) is 11.5 Å². The van der Waals surface area contributed by atoms with Gasteiger partial charge in [0, 0.05) is 18.1 Å². The standard InChI is InChI=1S/C21H24N4O3/c1-28-16-6-7-17-15(11-16)12-20(26)25(17)18(10-14-4-2-3-5-14)21(27)24-19-13-22-8-9-23-19/h6-9,11,13-14,18H,2-5,10,12H2,1H3,(H,23,24,27). The Balaban J connectivity index is 1.63. The van der Waals surface area contributed by atoms with Gasteiger partial charge in [0.1, 0.15) is 11.8 Å². The van der Waals surface area contributed by atoms with Crippen LogP contribution in [0.3, 0.4) is 0 Å². The summed E-state index contributed by atoms with van der Waals surface area (Å²) in [6.45, 7) is 0. The lowest BCUT2D eigenvalue weighted by Crippen LogP contribution is -2.47. The number of nitrogens with zero attached hydrogens (tertiary/aromatic N) is 3. The lowest BCUT2D eigenvalue weighted by molar-refractivity contribution is -0.123. The molecule has 1 unspecified atom stereocenters. The molecule has 1 fully saturated rings. The summed E-state index contributed by atoms with van der Waals surface area (Å²) < 4.78 is 5.28. The van der Waals surface area contributed by atoms with E-state index >= 15 is 0 Å². The highest BCUT2D eigenvalue weighted by Crippen LogP contribution is 2.37. The van der Waals surface area contributed by atoms with Crippen molar-refractivity contribution in [2.24, 2.45) is 5.92 Å². The van der Waals surface area contributed by atoms with Crippen LogP contribution in [0.2, 0.25) is 0 Å². The number of ether oxygens (including phenoxy) is 1. The molecule has 1 aliphatic heterocycles. The summed E-state index contributed by atoms with van der Waals surface area (Å²) in [5.74, 6) is 1.29. The molecular weight excluding hydrogens is 356 g/mol. The molecule has 2 amide bonds. The maximum absolute atomic E-state index is 13.2. The van der Waals surface area contributed by atoms with Crippen molar-refractivity contribution >= 4 is 23.3 Å². The summed E-state index contributed by atoms with van der Waals surface area (Å²) in [6.07, 6.45) is 10.1. The fourth-order valence-corrected chi connectivity index (χ4v) is 4.25. The van der Waals surface area contributed by atoms with Crippen molar-refractivity contribution in [3.8, 4) is 5.75 Å². The molecule has 0 bridgehead atoms. The number of amides is 2. The fourth-order valence-electron chi connectivity index (χ4n) is 4.25. The van der Waals surface area contributed by atoms with Gasteiger partial charge in [0.05, 0.1) is 19.7 Å². The number of benzene rings is 1. The number of rotatable bonds is 6. The third-order valence-corrected chi connectivity index (χ3v) is 5.62. The number of methoxy groups -OCH3 is 1. The summed E-state index contributed by atoms with van der Waals surface area (Å²) in [5.41, 5.74) is 1.69. The highest BCUT2D eigenvalue weighted by molar-refractivity contribution is 6.09. The van der Waals surface area contributed by atoms with Crippen LogP contribution in [0.25, 0.3) is 0 Å². The molecule has 0 radical (unpaired) electrons. The molecule has 0 saturated heterocycles. The first kappa shape index (κ1) is 18.4. The highest BCUT2D eigenvalue weighted by Gasteiger charge is 2.38. The number of hydrogen-bond donors (Lipinski definition) is 1. The minimum atomic E-state index is -0.563. The van der Waals surface area contributed by atoms with Crippen LogP contribution in [-0.2, 0) is 16.0 Å². The van der Waals surface area contributed by atoms with E-state index in [1.807, 2.05) is 18.2 Å². The number of hydrogen-bond acceptors (Lipinski definition) is 5. The van der Waals surface area contributed by atoms with E-state index in [0.29, 0.717) is 23.9 Å². The van der Waals surface area contributed by atoms with Gasteiger partial charge in [-0.05, 0) is 36.1 Å². The molecule has 7 nitrogen and oxygen atoms in total. The summed E-state index contributed by atoms with van der Waals surface area (Å²) >= 11 is 0. The third-order valence-electron chi connectivity index (χ3n) is 5.62. The average molecular weight is 380 g/mol. The van der Waals surface area contributed by atoms with Crippen molar-refractivity contribution in [3.63, 3.8) is 0 Å². The Morgan fingerprint density at radius 3 is 2.86 bits per heavy atom. The van der Waals surface area contributed by atoms with Gasteiger partial charge < -0.3 is 10.1 Å². The summed E-state index contributed by atoms with van der Waals surface area (Å²) in [7, 11) is 1.60. The van der Waals surface area contributed by atoms with Gasteiger partial charge in [-0.2, -0.15) is 0 Å². The zero-order chi connectivity index (χ0) is 19.5. The van der Waals surface area contributed by atoms with E-state index in [1.54, 1.807) is 18.2 Å². The second kappa shape index (κ2) is 7.96. The van der Waals surface area contributed by atoms with Crippen LogP contribution in [0.5, 0.6) is 5.75 Å². The Hall–Kier alpha value is -2.96. The molecule has 1 N–H and O–H groups in total. The first-order valence-corrected chi connectivity index (χ1v) is 9.71. The van der Waals surface area contributed by atoms with E-state index in [4.69, 9.17) is 4.74 Å². The molecule has 2 aliphatic rings. The topological polar surface area (TPSA) is 84.4 Å². The lowest BCUT2D eigenvalue weighted by Gasteiger charge is -2.29.